The molecule has 0 spiro atoms. The molecule has 0 saturated carbocycles. The fourth-order valence-corrected chi connectivity index (χ4v) is 5.10. The normalized spacial score (nSPS) is 15.4. The predicted octanol–water partition coefficient (Wildman–Crippen LogP) is 6.28. The number of piperidine rings is 1. The first-order chi connectivity index (χ1) is 21.9. The number of nitrogens with one attached hydrogen (secondary N) is 1. The number of alkyl carbamates (subject to hydrolysis) is 1. The lowest BCUT2D eigenvalue weighted by Crippen LogP contribution is -2.53. The van der Waals surface area contributed by atoms with Crippen molar-refractivity contribution in [1.82, 2.24) is 10.2 Å². The Kier molecular flexibility index (Phi) is 11.6. The van der Waals surface area contributed by atoms with Crippen LogP contribution in [-0.2, 0) is 25.7 Å². The number of rotatable bonds is 11. The van der Waals surface area contributed by atoms with Crippen molar-refractivity contribution in [3.63, 3.8) is 0 Å². The highest BCUT2D eigenvalue weighted by atomic mass is 19.2. The summed E-state index contributed by atoms with van der Waals surface area (Å²) in [7, 11) is 1.39. The quantitative estimate of drug-likeness (QED) is 0.247. The summed E-state index contributed by atoms with van der Waals surface area (Å²) in [6, 6.07) is 17.0. The maximum Gasteiger partial charge on any atom is 0.408 e. The van der Waals surface area contributed by atoms with Crippen LogP contribution in [-0.4, -0.2) is 61.3 Å². The van der Waals surface area contributed by atoms with Gasteiger partial charge in [-0.1, -0.05) is 42.5 Å². The van der Waals surface area contributed by atoms with Crippen molar-refractivity contribution < 1.29 is 42.1 Å². The van der Waals surface area contributed by atoms with Gasteiger partial charge in [0.25, 0.3) is 0 Å². The summed E-state index contributed by atoms with van der Waals surface area (Å²) in [5, 5.41) is 2.57. The molecule has 0 aliphatic carbocycles. The molecule has 1 aliphatic heterocycles. The molecule has 1 fully saturated rings. The number of halogens is 2. The molecular formula is C35H40F2N2O7. The van der Waals surface area contributed by atoms with Crippen LogP contribution in [0.2, 0.25) is 0 Å². The highest BCUT2D eigenvalue weighted by Gasteiger charge is 2.33. The van der Waals surface area contributed by atoms with E-state index in [-0.39, 0.29) is 24.7 Å². The summed E-state index contributed by atoms with van der Waals surface area (Å²) in [6.07, 6.45) is 0.379. The van der Waals surface area contributed by atoms with Crippen molar-refractivity contribution in [2.24, 2.45) is 5.92 Å². The Labute approximate surface area is 267 Å². The van der Waals surface area contributed by atoms with Crippen molar-refractivity contribution in [1.29, 1.82) is 0 Å². The molecule has 3 aromatic carbocycles. The van der Waals surface area contributed by atoms with Gasteiger partial charge in [-0.15, -0.1) is 0 Å². The molecule has 46 heavy (non-hydrogen) atoms. The van der Waals surface area contributed by atoms with Crippen molar-refractivity contribution in [3.8, 4) is 22.6 Å². The molecule has 0 aromatic heterocycles. The smallest absolute Gasteiger partial charge is 0.408 e. The molecule has 0 bridgehead atoms. The van der Waals surface area contributed by atoms with E-state index in [0.29, 0.717) is 43.0 Å². The van der Waals surface area contributed by atoms with Crippen LogP contribution in [0, 0.1) is 17.6 Å². The SMILES string of the molecule is COc1cc(F)c(F)cc1-c1ccc(OCC2CCCN(C(=O)C(CC(=O)OCc3ccccc3)NC(=O)OC(C)(C)C)C2)cc1. The molecule has 9 nitrogen and oxygen atoms in total. The summed E-state index contributed by atoms with van der Waals surface area (Å²) in [4.78, 5) is 40.6. The van der Waals surface area contributed by atoms with E-state index in [1.807, 2.05) is 30.3 Å². The molecule has 1 heterocycles. The number of nitrogens with zero attached hydrogens (tertiary/aromatic N) is 1. The van der Waals surface area contributed by atoms with Crippen LogP contribution in [0.3, 0.4) is 0 Å². The van der Waals surface area contributed by atoms with E-state index >= 15 is 0 Å². The lowest BCUT2D eigenvalue weighted by Gasteiger charge is -2.35. The van der Waals surface area contributed by atoms with Crippen LogP contribution >= 0.6 is 0 Å². The molecule has 2 amide bonds. The van der Waals surface area contributed by atoms with Gasteiger partial charge < -0.3 is 29.2 Å². The minimum atomic E-state index is -1.17. The number of methoxy groups -OCH3 is 1. The number of hydrogen-bond acceptors (Lipinski definition) is 7. The van der Waals surface area contributed by atoms with Crippen molar-refractivity contribution in [2.75, 3.05) is 26.8 Å². The number of carbonyl (C=O) groups excluding carboxylic acids is 3. The Hall–Kier alpha value is -4.67. The monoisotopic (exact) mass is 638 g/mol. The molecule has 2 unspecified atom stereocenters. The maximum atomic E-state index is 13.9. The van der Waals surface area contributed by atoms with E-state index in [1.54, 1.807) is 49.9 Å². The molecule has 246 valence electrons. The van der Waals surface area contributed by atoms with E-state index in [9.17, 15) is 23.2 Å². The fourth-order valence-electron chi connectivity index (χ4n) is 5.10. The van der Waals surface area contributed by atoms with E-state index in [4.69, 9.17) is 18.9 Å². The van der Waals surface area contributed by atoms with E-state index in [1.165, 1.54) is 7.11 Å². The molecule has 3 aromatic rings. The third kappa shape index (κ3) is 9.92. The largest absolute Gasteiger partial charge is 0.496 e. The van der Waals surface area contributed by atoms with Gasteiger partial charge in [0.2, 0.25) is 5.91 Å². The Bertz CT molecular complexity index is 1490. The van der Waals surface area contributed by atoms with Gasteiger partial charge in [0.15, 0.2) is 11.6 Å². The average Bonchev–Trinajstić information content (AvgIpc) is 3.03. The number of esters is 1. The van der Waals surface area contributed by atoms with Crippen LogP contribution in [0.5, 0.6) is 11.5 Å². The average molecular weight is 639 g/mol. The van der Waals surface area contributed by atoms with Gasteiger partial charge in [-0.2, -0.15) is 0 Å². The lowest BCUT2D eigenvalue weighted by atomic mass is 9.98. The van der Waals surface area contributed by atoms with Gasteiger partial charge in [-0.3, -0.25) is 9.59 Å². The third-order valence-corrected chi connectivity index (χ3v) is 7.33. The van der Waals surface area contributed by atoms with E-state index in [0.717, 1.165) is 24.1 Å². The van der Waals surface area contributed by atoms with Crippen LogP contribution in [0.1, 0.15) is 45.6 Å². The summed E-state index contributed by atoms with van der Waals surface area (Å²) >= 11 is 0. The third-order valence-electron chi connectivity index (χ3n) is 7.33. The Balaban J connectivity index is 1.37. The van der Waals surface area contributed by atoms with Gasteiger partial charge in [0.1, 0.15) is 29.7 Å². The Morgan fingerprint density at radius 2 is 1.70 bits per heavy atom. The van der Waals surface area contributed by atoms with Crippen molar-refractivity contribution in [2.45, 2.75) is 58.3 Å². The summed E-state index contributed by atoms with van der Waals surface area (Å²) in [5.74, 6) is -2.22. The Morgan fingerprint density at radius 3 is 2.37 bits per heavy atom. The second kappa shape index (κ2) is 15.6. The molecule has 4 rings (SSSR count). The van der Waals surface area contributed by atoms with Gasteiger partial charge >= 0.3 is 12.1 Å². The fraction of sp³-hybridized carbons (Fsp3) is 0.400. The van der Waals surface area contributed by atoms with Gasteiger partial charge in [-0.25, -0.2) is 13.6 Å². The maximum absolute atomic E-state index is 13.9. The number of hydrogen-bond donors (Lipinski definition) is 1. The summed E-state index contributed by atoms with van der Waals surface area (Å²) in [5.41, 5.74) is 1.05. The number of ether oxygens (including phenoxy) is 4. The van der Waals surface area contributed by atoms with Crippen LogP contribution in [0.4, 0.5) is 13.6 Å². The van der Waals surface area contributed by atoms with E-state index < -0.39 is 41.2 Å². The minimum absolute atomic E-state index is 0.00382. The molecule has 1 aliphatic rings. The van der Waals surface area contributed by atoms with Crippen LogP contribution in [0.25, 0.3) is 11.1 Å². The van der Waals surface area contributed by atoms with Gasteiger partial charge in [0.05, 0.1) is 20.1 Å². The lowest BCUT2D eigenvalue weighted by molar-refractivity contribution is -0.149. The minimum Gasteiger partial charge on any atom is -0.496 e. The number of likely N-dealkylation sites (tertiary alicyclic amines) is 1. The standard InChI is InChI=1S/C35H40F2N2O7/c1-35(2,3)46-34(42)38-30(19-32(40)45-21-23-9-6-5-7-10-23)33(41)39-16-8-11-24(20-39)22-44-26-14-12-25(13-15-26)27-17-28(36)29(37)18-31(27)43-4/h5-7,9-10,12-15,17-18,24,30H,8,11,16,19-22H2,1-4H3,(H,38,42). The first kappa shape index (κ1) is 34.2. The van der Waals surface area contributed by atoms with Gasteiger partial charge in [0, 0.05) is 30.6 Å². The summed E-state index contributed by atoms with van der Waals surface area (Å²) < 4.78 is 49.5. The van der Waals surface area contributed by atoms with Crippen LogP contribution in [0.15, 0.2) is 66.7 Å². The zero-order valence-electron chi connectivity index (χ0n) is 26.5. The number of benzene rings is 3. The topological polar surface area (TPSA) is 103 Å². The van der Waals surface area contributed by atoms with Crippen LogP contribution < -0.4 is 14.8 Å². The van der Waals surface area contributed by atoms with Crippen molar-refractivity contribution >= 4 is 18.0 Å². The summed E-state index contributed by atoms with van der Waals surface area (Å²) in [6.45, 7) is 6.33. The predicted molar refractivity (Wildman–Crippen MR) is 167 cm³/mol. The molecular weight excluding hydrogens is 598 g/mol. The zero-order valence-corrected chi connectivity index (χ0v) is 26.5. The number of carbonyl (C=O) groups is 3. The second-order valence-electron chi connectivity index (χ2n) is 12.1. The zero-order chi connectivity index (χ0) is 33.3. The molecule has 0 radical (unpaired) electrons. The first-order valence-corrected chi connectivity index (χ1v) is 15.2. The highest BCUT2D eigenvalue weighted by molar-refractivity contribution is 5.89. The highest BCUT2D eigenvalue weighted by Crippen LogP contribution is 2.33. The van der Waals surface area contributed by atoms with Gasteiger partial charge in [-0.05, 0) is 62.9 Å². The number of amides is 2. The molecule has 2 atom stereocenters. The Morgan fingerprint density at radius 1 is 1.00 bits per heavy atom. The van der Waals surface area contributed by atoms with Crippen molar-refractivity contribution in [3.05, 3.63) is 83.9 Å². The van der Waals surface area contributed by atoms with E-state index in [2.05, 4.69) is 5.32 Å². The molecule has 1 saturated heterocycles. The molecule has 1 N–H and O–H groups in total. The second-order valence-corrected chi connectivity index (χ2v) is 12.1. The first-order valence-electron chi connectivity index (χ1n) is 15.2. The molecule has 11 heteroatoms.